The van der Waals surface area contributed by atoms with Gasteiger partial charge in [-0.05, 0) is 29.2 Å². The van der Waals surface area contributed by atoms with Crippen LogP contribution in [0.4, 0.5) is 4.79 Å². The molecule has 1 fully saturated rings. The molecule has 0 radical (unpaired) electrons. The average molecular weight is 448 g/mol. The number of rotatable bonds is 4. The third-order valence-electron chi connectivity index (χ3n) is 6.19. The van der Waals surface area contributed by atoms with E-state index >= 15 is 0 Å². The van der Waals surface area contributed by atoms with Crippen molar-refractivity contribution in [2.45, 2.75) is 25.7 Å². The molecule has 4 rings (SSSR count). The van der Waals surface area contributed by atoms with Crippen LogP contribution in [-0.2, 0) is 9.59 Å². The highest BCUT2D eigenvalue weighted by Gasteiger charge is 2.49. The lowest BCUT2D eigenvalue weighted by atomic mass is 9.78. The Morgan fingerprint density at radius 3 is 1.97 bits per heavy atom. The van der Waals surface area contributed by atoms with Crippen molar-refractivity contribution in [1.82, 2.24) is 9.80 Å². The summed E-state index contributed by atoms with van der Waals surface area (Å²) < 4.78 is 5.44. The molecule has 1 saturated heterocycles. The minimum absolute atomic E-state index is 0.184. The zero-order valence-corrected chi connectivity index (χ0v) is 18.7. The fourth-order valence-electron chi connectivity index (χ4n) is 4.26. The number of carbonyl (C=O) groups excluding carboxylic acids is 3. The molecule has 1 aliphatic rings. The second kappa shape index (κ2) is 8.20. The van der Waals surface area contributed by atoms with Gasteiger partial charge in [-0.25, -0.2) is 9.59 Å². The first-order valence-corrected chi connectivity index (χ1v) is 10.6. The quantitative estimate of drug-likeness (QED) is 0.484. The minimum Gasteiger partial charge on any atom is -0.507 e. The predicted octanol–water partition coefficient (Wildman–Crippen LogP) is 3.42. The number of fused-ring (bicyclic) bond motifs is 1. The lowest BCUT2D eigenvalue weighted by Gasteiger charge is -2.36. The lowest BCUT2D eigenvalue weighted by molar-refractivity contribution is -0.148. The number of hydrogen-bond donors (Lipinski definition) is 1. The molecule has 2 heterocycles. The number of carbonyl (C=O) groups is 3. The monoisotopic (exact) mass is 448 g/mol. The molecule has 1 aromatic heterocycles. The summed E-state index contributed by atoms with van der Waals surface area (Å²) in [5.41, 5.74) is 0.627. The van der Waals surface area contributed by atoms with Crippen LogP contribution in [0, 0.1) is 5.92 Å². The highest BCUT2D eigenvalue weighted by Crippen LogP contribution is 2.41. The molecule has 0 spiro atoms. The number of urea groups is 1. The first kappa shape index (κ1) is 22.3. The van der Waals surface area contributed by atoms with Crippen molar-refractivity contribution in [3.8, 4) is 5.75 Å². The molecule has 170 valence electrons. The van der Waals surface area contributed by atoms with E-state index in [0.717, 1.165) is 15.4 Å². The highest BCUT2D eigenvalue weighted by atomic mass is 16.4. The van der Waals surface area contributed by atoms with E-state index < -0.39 is 35.3 Å². The number of imide groups is 2. The Kier molecular flexibility index (Phi) is 5.53. The van der Waals surface area contributed by atoms with E-state index in [0.29, 0.717) is 5.56 Å². The zero-order valence-electron chi connectivity index (χ0n) is 18.7. The molecule has 0 bridgehead atoms. The van der Waals surface area contributed by atoms with Crippen molar-refractivity contribution >= 4 is 28.8 Å². The molecular formula is C25H24N2O6. The lowest BCUT2D eigenvalue weighted by Crippen LogP contribution is -2.58. The smallest absolute Gasteiger partial charge is 0.343 e. The van der Waals surface area contributed by atoms with Gasteiger partial charge in [0.15, 0.2) is 0 Å². The number of nitrogens with zero attached hydrogens (tertiary/aromatic N) is 2. The van der Waals surface area contributed by atoms with Crippen molar-refractivity contribution in [2.75, 3.05) is 14.1 Å². The summed E-state index contributed by atoms with van der Waals surface area (Å²) in [5.74, 6) is -4.23. The molecule has 3 aromatic rings. The molecule has 4 amide bonds. The summed E-state index contributed by atoms with van der Waals surface area (Å²) in [6.45, 7) is 4.06. The van der Waals surface area contributed by atoms with E-state index in [-0.39, 0.29) is 28.2 Å². The van der Waals surface area contributed by atoms with Gasteiger partial charge < -0.3 is 9.52 Å². The molecule has 0 saturated carbocycles. The molecule has 1 unspecified atom stereocenters. The Hall–Kier alpha value is -3.94. The summed E-state index contributed by atoms with van der Waals surface area (Å²) in [6, 6.07) is 12.9. The van der Waals surface area contributed by atoms with Gasteiger partial charge in [0.25, 0.3) is 0 Å². The van der Waals surface area contributed by atoms with E-state index in [2.05, 4.69) is 0 Å². The fraction of sp³-hybridized carbons (Fsp3) is 0.280. The molecule has 1 N–H and O–H groups in total. The van der Waals surface area contributed by atoms with Gasteiger partial charge in [0.2, 0.25) is 11.8 Å². The van der Waals surface area contributed by atoms with Crippen LogP contribution >= 0.6 is 0 Å². The van der Waals surface area contributed by atoms with E-state index in [1.807, 2.05) is 26.0 Å². The number of aromatic hydroxyl groups is 1. The molecule has 0 aliphatic carbocycles. The van der Waals surface area contributed by atoms with Gasteiger partial charge in [0.1, 0.15) is 17.3 Å². The second-order valence-corrected chi connectivity index (χ2v) is 8.50. The van der Waals surface area contributed by atoms with Crippen LogP contribution < -0.4 is 5.63 Å². The summed E-state index contributed by atoms with van der Waals surface area (Å²) in [7, 11) is 2.56. The predicted molar refractivity (Wildman–Crippen MR) is 121 cm³/mol. The van der Waals surface area contributed by atoms with Crippen molar-refractivity contribution in [2.24, 2.45) is 5.92 Å². The topological polar surface area (TPSA) is 108 Å². The third kappa shape index (κ3) is 3.57. The number of benzene rings is 2. The number of para-hydroxylation sites is 1. The fourth-order valence-corrected chi connectivity index (χ4v) is 4.26. The standard InChI is InChI=1S/C25H24N2O6/c1-13(2)14-9-11-15(12-10-14)18(20-22(29)26(3)25(32)27(4)23(20)30)19-21(28)16-7-5-6-8-17(16)33-24(19)31/h5-13,18,20,28H,1-4H3. The van der Waals surface area contributed by atoms with E-state index in [1.165, 1.54) is 14.1 Å². The Bertz CT molecular complexity index is 1300. The Labute approximate surface area is 190 Å². The number of amides is 4. The molecule has 1 aliphatic heterocycles. The van der Waals surface area contributed by atoms with Gasteiger partial charge >= 0.3 is 11.7 Å². The maximum atomic E-state index is 13.2. The van der Waals surface area contributed by atoms with E-state index in [4.69, 9.17) is 4.42 Å². The van der Waals surface area contributed by atoms with Gasteiger partial charge in [0.05, 0.1) is 10.9 Å². The molecule has 8 heteroatoms. The second-order valence-electron chi connectivity index (χ2n) is 8.50. The van der Waals surface area contributed by atoms with Gasteiger partial charge in [-0.3, -0.25) is 19.4 Å². The first-order valence-electron chi connectivity index (χ1n) is 10.6. The SMILES string of the molecule is CC(C)c1ccc(C(c2c(O)c3ccccc3oc2=O)C2C(=O)N(C)C(=O)N(C)C2=O)cc1. The molecule has 8 nitrogen and oxygen atoms in total. The Morgan fingerprint density at radius 2 is 1.39 bits per heavy atom. The maximum absolute atomic E-state index is 13.2. The van der Waals surface area contributed by atoms with Gasteiger partial charge in [-0.15, -0.1) is 0 Å². The van der Waals surface area contributed by atoms with Crippen molar-refractivity contribution in [3.05, 3.63) is 75.6 Å². The summed E-state index contributed by atoms with van der Waals surface area (Å²) in [6.07, 6.45) is 0. The minimum atomic E-state index is -1.43. The van der Waals surface area contributed by atoms with Crippen LogP contribution in [0.25, 0.3) is 11.0 Å². The maximum Gasteiger partial charge on any atom is 0.343 e. The third-order valence-corrected chi connectivity index (χ3v) is 6.19. The largest absolute Gasteiger partial charge is 0.507 e. The van der Waals surface area contributed by atoms with Crippen LogP contribution in [0.15, 0.2) is 57.7 Å². The Balaban J connectivity index is 2.00. The summed E-state index contributed by atoms with van der Waals surface area (Å²) in [4.78, 5) is 53.4. The first-order chi connectivity index (χ1) is 15.6. The average Bonchev–Trinajstić information content (AvgIpc) is 2.80. The van der Waals surface area contributed by atoms with E-state index in [1.54, 1.807) is 36.4 Å². The van der Waals surface area contributed by atoms with Crippen LogP contribution in [-0.4, -0.2) is 46.8 Å². The molecular weight excluding hydrogens is 424 g/mol. The summed E-state index contributed by atoms with van der Waals surface area (Å²) in [5, 5.41) is 11.4. The van der Waals surface area contributed by atoms with Crippen LogP contribution in [0.1, 0.15) is 42.4 Å². The highest BCUT2D eigenvalue weighted by molar-refractivity contribution is 6.16. The van der Waals surface area contributed by atoms with E-state index in [9.17, 15) is 24.3 Å². The van der Waals surface area contributed by atoms with Crippen molar-refractivity contribution in [1.29, 1.82) is 0 Å². The zero-order chi connectivity index (χ0) is 24.0. The normalized spacial score (nSPS) is 16.2. The molecule has 2 aromatic carbocycles. The number of hydrogen-bond acceptors (Lipinski definition) is 6. The molecule has 33 heavy (non-hydrogen) atoms. The van der Waals surface area contributed by atoms with Crippen molar-refractivity contribution < 1.29 is 23.9 Å². The van der Waals surface area contributed by atoms with Crippen molar-refractivity contribution in [3.63, 3.8) is 0 Å². The van der Waals surface area contributed by atoms with Gasteiger partial charge in [0, 0.05) is 20.0 Å². The summed E-state index contributed by atoms with van der Waals surface area (Å²) >= 11 is 0. The van der Waals surface area contributed by atoms with Crippen LogP contribution in [0.3, 0.4) is 0 Å². The van der Waals surface area contributed by atoms with Gasteiger partial charge in [-0.2, -0.15) is 0 Å². The van der Waals surface area contributed by atoms with Gasteiger partial charge in [-0.1, -0.05) is 50.2 Å². The van der Waals surface area contributed by atoms with Crippen LogP contribution in [0.5, 0.6) is 5.75 Å². The van der Waals surface area contributed by atoms with Crippen LogP contribution in [0.2, 0.25) is 0 Å². The Morgan fingerprint density at radius 1 is 0.848 bits per heavy atom. The molecule has 1 atom stereocenters. The number of barbiturate groups is 1.